The number of amides is 1. The molecule has 2 N–H and O–H groups in total. The number of hydrogen-bond donors (Lipinski definition) is 2. The van der Waals surface area contributed by atoms with Crippen LogP contribution in [0.25, 0.3) is 0 Å². The summed E-state index contributed by atoms with van der Waals surface area (Å²) in [6.45, 7) is 2.01. The largest absolute Gasteiger partial charge is 0.493 e. The molecule has 42 heavy (non-hydrogen) atoms. The number of nitrogens with zero attached hydrogens (tertiary/aromatic N) is 1. The topological polar surface area (TPSA) is 115 Å². The van der Waals surface area contributed by atoms with Gasteiger partial charge in [0.15, 0.2) is 23.0 Å². The highest BCUT2D eigenvalue weighted by Gasteiger charge is 2.20. The van der Waals surface area contributed by atoms with E-state index in [0.29, 0.717) is 47.2 Å². The second-order valence-electron chi connectivity index (χ2n) is 9.34. The zero-order chi connectivity index (χ0) is 29.8. The van der Waals surface area contributed by atoms with E-state index in [1.807, 2.05) is 24.3 Å². The van der Waals surface area contributed by atoms with Crippen molar-refractivity contribution < 1.29 is 32.2 Å². The Morgan fingerprint density at radius 3 is 1.93 bits per heavy atom. The van der Waals surface area contributed by atoms with Gasteiger partial charge in [-0.2, -0.15) is 0 Å². The van der Waals surface area contributed by atoms with Gasteiger partial charge in [-0.1, -0.05) is 6.07 Å². The van der Waals surface area contributed by atoms with Crippen molar-refractivity contribution in [2.45, 2.75) is 19.3 Å². The minimum absolute atomic E-state index is 0. The maximum atomic E-state index is 13.6. The van der Waals surface area contributed by atoms with Crippen LogP contribution in [-0.4, -0.2) is 68.7 Å². The molecule has 0 spiro atoms. The van der Waals surface area contributed by atoms with Crippen LogP contribution in [0.5, 0.6) is 23.0 Å². The summed E-state index contributed by atoms with van der Waals surface area (Å²) in [5.74, 6) is 2.31. The van der Waals surface area contributed by atoms with Gasteiger partial charge in [-0.3, -0.25) is 9.52 Å². The van der Waals surface area contributed by atoms with Gasteiger partial charge in [-0.15, -0.1) is 12.4 Å². The second kappa shape index (κ2) is 16.7. The average molecular weight is 622 g/mol. The highest BCUT2D eigenvalue weighted by Crippen LogP contribution is 2.32. The molecule has 0 radical (unpaired) electrons. The van der Waals surface area contributed by atoms with E-state index in [1.165, 1.54) is 5.56 Å². The number of aryl methyl sites for hydroxylation is 1. The van der Waals surface area contributed by atoms with Gasteiger partial charge in [0.1, 0.15) is 0 Å². The molecule has 0 bridgehead atoms. The molecule has 0 aliphatic rings. The quantitative estimate of drug-likeness (QED) is 0.220. The molecular formula is C30H40ClN3O7S. The van der Waals surface area contributed by atoms with Crippen LogP contribution >= 0.6 is 12.4 Å². The molecule has 0 fully saturated rings. The number of nitrogens with one attached hydrogen (secondary N) is 2. The average Bonchev–Trinajstić information content (AvgIpc) is 2.97. The molecule has 3 aromatic carbocycles. The molecule has 10 nitrogen and oxygen atoms in total. The first-order valence-electron chi connectivity index (χ1n) is 13.2. The van der Waals surface area contributed by atoms with Crippen molar-refractivity contribution in [1.29, 1.82) is 0 Å². The van der Waals surface area contributed by atoms with Crippen LogP contribution < -0.4 is 33.9 Å². The van der Waals surface area contributed by atoms with E-state index in [-0.39, 0.29) is 18.3 Å². The Kier molecular flexibility index (Phi) is 13.7. The lowest BCUT2D eigenvalue weighted by Crippen LogP contribution is -2.33. The molecule has 0 saturated carbocycles. The van der Waals surface area contributed by atoms with E-state index in [0.717, 1.165) is 37.9 Å². The summed E-state index contributed by atoms with van der Waals surface area (Å²) >= 11 is 0. The van der Waals surface area contributed by atoms with Crippen LogP contribution in [0.15, 0.2) is 60.7 Å². The van der Waals surface area contributed by atoms with Crippen molar-refractivity contribution in [1.82, 2.24) is 5.32 Å². The van der Waals surface area contributed by atoms with Crippen molar-refractivity contribution in [2.75, 3.05) is 64.0 Å². The number of anilines is 2. The Bertz CT molecular complexity index is 1400. The maximum Gasteiger partial charge on any atom is 0.258 e. The summed E-state index contributed by atoms with van der Waals surface area (Å²) in [4.78, 5) is 15.3. The van der Waals surface area contributed by atoms with Gasteiger partial charge in [0.05, 0.1) is 34.7 Å². The Labute approximate surface area is 254 Å². The van der Waals surface area contributed by atoms with Crippen molar-refractivity contribution in [3.8, 4) is 23.0 Å². The standard InChI is InChI=1S/C30H39N3O7S.ClH/c1-37-26-15-9-22(20-28(26)39-3)8-6-17-31-18-7-19-33(25-14-16-27(38-2)29(21-25)40-4)30(34)23-10-12-24(13-11-23)32-41(5,35)36;/h9-16,20-21,31-32H,6-8,17-19H2,1-5H3;1H. The molecule has 230 valence electrons. The van der Waals surface area contributed by atoms with Gasteiger partial charge in [-0.25, -0.2) is 8.42 Å². The number of carbonyl (C=O) groups excluding carboxylic acids is 1. The first-order valence-corrected chi connectivity index (χ1v) is 15.1. The summed E-state index contributed by atoms with van der Waals surface area (Å²) in [5, 5.41) is 3.46. The lowest BCUT2D eigenvalue weighted by atomic mass is 10.1. The zero-order valence-corrected chi connectivity index (χ0v) is 26.3. The molecule has 0 saturated heterocycles. The predicted molar refractivity (Wildman–Crippen MR) is 169 cm³/mol. The summed E-state index contributed by atoms with van der Waals surface area (Å²) in [5.41, 5.74) is 2.66. The maximum absolute atomic E-state index is 13.6. The van der Waals surface area contributed by atoms with Crippen molar-refractivity contribution >= 4 is 39.7 Å². The Balaban J connectivity index is 0.00000616. The van der Waals surface area contributed by atoms with E-state index in [4.69, 9.17) is 18.9 Å². The van der Waals surface area contributed by atoms with E-state index < -0.39 is 10.0 Å². The molecule has 0 unspecified atom stereocenters. The van der Waals surface area contributed by atoms with E-state index in [2.05, 4.69) is 10.0 Å². The van der Waals surface area contributed by atoms with Crippen LogP contribution in [0.1, 0.15) is 28.8 Å². The Morgan fingerprint density at radius 1 is 0.762 bits per heavy atom. The third-order valence-electron chi connectivity index (χ3n) is 6.36. The minimum Gasteiger partial charge on any atom is -0.493 e. The molecule has 0 heterocycles. The van der Waals surface area contributed by atoms with Crippen LogP contribution in [0.2, 0.25) is 0 Å². The first-order chi connectivity index (χ1) is 19.7. The Morgan fingerprint density at radius 2 is 1.33 bits per heavy atom. The number of carbonyl (C=O) groups is 1. The van der Waals surface area contributed by atoms with Gasteiger partial charge >= 0.3 is 0 Å². The number of ether oxygens (including phenoxy) is 4. The highest BCUT2D eigenvalue weighted by atomic mass is 35.5. The van der Waals surface area contributed by atoms with Crippen molar-refractivity contribution in [3.63, 3.8) is 0 Å². The highest BCUT2D eigenvalue weighted by molar-refractivity contribution is 7.92. The predicted octanol–water partition coefficient (Wildman–Crippen LogP) is 4.77. The summed E-state index contributed by atoms with van der Waals surface area (Å²) < 4.78 is 47.0. The zero-order valence-electron chi connectivity index (χ0n) is 24.6. The van der Waals surface area contributed by atoms with Crippen LogP contribution in [0.4, 0.5) is 11.4 Å². The number of rotatable bonds is 16. The fourth-order valence-corrected chi connectivity index (χ4v) is 4.90. The summed E-state index contributed by atoms with van der Waals surface area (Å²) in [6.07, 6.45) is 3.63. The number of benzene rings is 3. The number of halogens is 1. The summed E-state index contributed by atoms with van der Waals surface area (Å²) in [7, 11) is 2.94. The number of sulfonamides is 1. The van der Waals surface area contributed by atoms with Gasteiger partial charge in [0, 0.05) is 29.5 Å². The molecule has 3 rings (SSSR count). The second-order valence-corrected chi connectivity index (χ2v) is 11.1. The van der Waals surface area contributed by atoms with Gasteiger partial charge in [0.2, 0.25) is 10.0 Å². The van der Waals surface area contributed by atoms with Gasteiger partial charge in [0.25, 0.3) is 5.91 Å². The minimum atomic E-state index is -3.42. The summed E-state index contributed by atoms with van der Waals surface area (Å²) in [6, 6.07) is 17.7. The van der Waals surface area contributed by atoms with Crippen molar-refractivity contribution in [2.24, 2.45) is 0 Å². The van der Waals surface area contributed by atoms with Gasteiger partial charge in [-0.05, 0) is 86.4 Å². The molecule has 1 amide bonds. The van der Waals surface area contributed by atoms with Gasteiger partial charge < -0.3 is 29.2 Å². The molecule has 3 aromatic rings. The normalized spacial score (nSPS) is 10.8. The fraction of sp³-hybridized carbons (Fsp3) is 0.367. The lowest BCUT2D eigenvalue weighted by Gasteiger charge is -2.24. The van der Waals surface area contributed by atoms with Crippen molar-refractivity contribution in [3.05, 3.63) is 71.8 Å². The molecule has 0 aliphatic heterocycles. The third kappa shape index (κ3) is 10.0. The molecule has 0 aromatic heterocycles. The first kappa shape index (κ1) is 34.5. The van der Waals surface area contributed by atoms with E-state index in [9.17, 15) is 13.2 Å². The van der Waals surface area contributed by atoms with E-state index >= 15 is 0 Å². The van der Waals surface area contributed by atoms with Crippen LogP contribution in [-0.2, 0) is 16.4 Å². The number of hydrogen-bond acceptors (Lipinski definition) is 8. The molecule has 12 heteroatoms. The van der Waals surface area contributed by atoms with E-state index in [1.54, 1.807) is 69.7 Å². The SMILES string of the molecule is COc1ccc(CCCNCCCN(C(=O)c2ccc(NS(C)(=O)=O)cc2)c2ccc(OC)c(OC)c2)cc1OC.Cl. The number of methoxy groups -OCH3 is 4. The molecule has 0 aliphatic carbocycles. The smallest absolute Gasteiger partial charge is 0.258 e. The lowest BCUT2D eigenvalue weighted by molar-refractivity contribution is 0.0986. The third-order valence-corrected chi connectivity index (χ3v) is 6.97. The Hall–Kier alpha value is -3.67. The molecular weight excluding hydrogens is 582 g/mol. The molecule has 0 atom stereocenters. The monoisotopic (exact) mass is 621 g/mol. The fourth-order valence-electron chi connectivity index (χ4n) is 4.33. The van der Waals surface area contributed by atoms with Crippen LogP contribution in [0, 0.1) is 0 Å². The van der Waals surface area contributed by atoms with Crippen LogP contribution in [0.3, 0.4) is 0 Å².